The van der Waals surface area contributed by atoms with Crippen molar-refractivity contribution >= 4 is 27.6 Å². The second kappa shape index (κ2) is 10.8. The summed E-state index contributed by atoms with van der Waals surface area (Å²) < 4.78 is 42.2. The molecule has 178 valence electrons. The molecule has 0 saturated heterocycles. The first-order valence-corrected chi connectivity index (χ1v) is 12.1. The third kappa shape index (κ3) is 6.31. The molecule has 0 heterocycles. The van der Waals surface area contributed by atoms with Crippen LogP contribution in [-0.4, -0.2) is 53.8 Å². The normalized spacial score (nSPS) is 14.4. The van der Waals surface area contributed by atoms with Gasteiger partial charge in [-0.3, -0.25) is 9.59 Å². The smallest absolute Gasteiger partial charge is 0.316 e. The highest BCUT2D eigenvalue weighted by Crippen LogP contribution is 2.49. The molecule has 0 atom stereocenters. The van der Waals surface area contributed by atoms with Crippen LogP contribution < -0.4 is 14.8 Å². The highest BCUT2D eigenvalue weighted by Gasteiger charge is 2.52. The van der Waals surface area contributed by atoms with Gasteiger partial charge in [0.2, 0.25) is 10.0 Å². The molecule has 1 fully saturated rings. The first-order chi connectivity index (χ1) is 15.8. The summed E-state index contributed by atoms with van der Waals surface area (Å²) in [6.45, 7) is 2.32. The number of nitrogens with one attached hydrogen (secondary N) is 2. The van der Waals surface area contributed by atoms with Crippen LogP contribution in [-0.2, 0) is 34.5 Å². The molecule has 1 saturated carbocycles. The predicted molar refractivity (Wildman–Crippen MR) is 122 cm³/mol. The zero-order valence-corrected chi connectivity index (χ0v) is 19.4. The van der Waals surface area contributed by atoms with Gasteiger partial charge >= 0.3 is 5.97 Å². The summed E-state index contributed by atoms with van der Waals surface area (Å²) in [6.07, 6.45) is 1.52. The van der Waals surface area contributed by atoms with E-state index in [1.165, 1.54) is 31.4 Å². The number of hydrogen-bond donors (Lipinski definition) is 2. The number of amides is 1. The number of hydrogen-bond acceptors (Lipinski definition) is 7. The van der Waals surface area contributed by atoms with Crippen LogP contribution in [0.2, 0.25) is 0 Å². The summed E-state index contributed by atoms with van der Waals surface area (Å²) in [5, 5.41) is 2.73. The van der Waals surface area contributed by atoms with Crippen molar-refractivity contribution in [2.24, 2.45) is 0 Å². The Morgan fingerprint density at radius 2 is 1.70 bits per heavy atom. The number of esters is 1. The minimum atomic E-state index is -3.63. The first-order valence-electron chi connectivity index (χ1n) is 10.6. The van der Waals surface area contributed by atoms with Crippen molar-refractivity contribution in [3.8, 4) is 5.75 Å². The van der Waals surface area contributed by atoms with Gasteiger partial charge in [-0.15, -0.1) is 0 Å². The number of rotatable bonds is 12. The van der Waals surface area contributed by atoms with Crippen LogP contribution in [0.25, 0.3) is 0 Å². The van der Waals surface area contributed by atoms with Crippen LogP contribution in [0.4, 0.5) is 5.69 Å². The van der Waals surface area contributed by atoms with Gasteiger partial charge in [0, 0.05) is 19.3 Å². The molecular weight excluding hydrogens is 448 g/mol. The van der Waals surface area contributed by atoms with E-state index in [-0.39, 0.29) is 36.5 Å². The third-order valence-corrected chi connectivity index (χ3v) is 6.72. The van der Waals surface area contributed by atoms with Gasteiger partial charge in [0.25, 0.3) is 5.91 Å². The van der Waals surface area contributed by atoms with E-state index < -0.39 is 15.4 Å². The van der Waals surface area contributed by atoms with E-state index in [1.807, 2.05) is 12.1 Å². The summed E-state index contributed by atoms with van der Waals surface area (Å²) in [6, 6.07) is 12.9. The molecule has 0 radical (unpaired) electrons. The molecule has 0 unspecified atom stereocenters. The SMILES string of the molecule is CCOC(=O)C1(c2ccc(NC(=O)COc3ccc(S(=O)(=O)NCCOC)cc3)cc2)CC1. The van der Waals surface area contributed by atoms with E-state index >= 15 is 0 Å². The van der Waals surface area contributed by atoms with Gasteiger partial charge in [-0.2, -0.15) is 0 Å². The van der Waals surface area contributed by atoms with Crippen molar-refractivity contribution in [1.82, 2.24) is 4.72 Å². The van der Waals surface area contributed by atoms with Gasteiger partial charge in [0.15, 0.2) is 6.61 Å². The molecule has 0 bridgehead atoms. The molecule has 2 aromatic carbocycles. The predicted octanol–water partition coefficient (Wildman–Crippen LogP) is 2.22. The maximum absolute atomic E-state index is 12.2. The lowest BCUT2D eigenvalue weighted by atomic mass is 9.96. The van der Waals surface area contributed by atoms with Crippen LogP contribution in [0, 0.1) is 0 Å². The fourth-order valence-corrected chi connectivity index (χ4v) is 4.31. The molecular formula is C23H28N2O7S. The summed E-state index contributed by atoms with van der Waals surface area (Å²) in [7, 11) is -2.15. The molecule has 1 aliphatic carbocycles. The van der Waals surface area contributed by atoms with E-state index in [9.17, 15) is 18.0 Å². The van der Waals surface area contributed by atoms with E-state index in [1.54, 1.807) is 19.1 Å². The average molecular weight is 477 g/mol. The topological polar surface area (TPSA) is 120 Å². The maximum Gasteiger partial charge on any atom is 0.316 e. The van der Waals surface area contributed by atoms with E-state index in [0.717, 1.165) is 18.4 Å². The van der Waals surface area contributed by atoms with Gasteiger partial charge in [0.05, 0.1) is 23.5 Å². The Hall–Kier alpha value is -2.95. The van der Waals surface area contributed by atoms with Crippen LogP contribution in [0.3, 0.4) is 0 Å². The summed E-state index contributed by atoms with van der Waals surface area (Å²) >= 11 is 0. The van der Waals surface area contributed by atoms with E-state index in [2.05, 4.69) is 10.0 Å². The highest BCUT2D eigenvalue weighted by molar-refractivity contribution is 7.89. The molecule has 9 nitrogen and oxygen atoms in total. The molecule has 0 spiro atoms. The second-order valence-corrected chi connectivity index (χ2v) is 9.35. The number of benzene rings is 2. The Labute approximate surface area is 193 Å². The molecule has 10 heteroatoms. The van der Waals surface area contributed by atoms with E-state index in [0.29, 0.717) is 18.0 Å². The van der Waals surface area contributed by atoms with E-state index in [4.69, 9.17) is 14.2 Å². The standard InChI is InChI=1S/C23H28N2O7S/c1-3-31-22(27)23(12-13-23)17-4-6-18(7-5-17)25-21(26)16-32-19-8-10-20(11-9-19)33(28,29)24-14-15-30-2/h4-11,24H,3,12-16H2,1-2H3,(H,25,26). The lowest BCUT2D eigenvalue weighted by molar-refractivity contribution is -0.146. The third-order valence-electron chi connectivity index (χ3n) is 5.24. The summed E-state index contributed by atoms with van der Waals surface area (Å²) in [5.74, 6) is -0.214. The van der Waals surface area contributed by atoms with Gasteiger partial charge in [-0.25, -0.2) is 13.1 Å². The lowest BCUT2D eigenvalue weighted by Crippen LogP contribution is -2.27. The van der Waals surface area contributed by atoms with Gasteiger partial charge < -0.3 is 19.5 Å². The minimum Gasteiger partial charge on any atom is -0.484 e. The molecule has 0 aromatic heterocycles. The number of sulfonamides is 1. The van der Waals surface area contributed by atoms with Crippen molar-refractivity contribution in [3.05, 3.63) is 54.1 Å². The van der Waals surface area contributed by atoms with Crippen LogP contribution >= 0.6 is 0 Å². The molecule has 2 N–H and O–H groups in total. The number of anilines is 1. The zero-order valence-electron chi connectivity index (χ0n) is 18.6. The molecule has 3 rings (SSSR count). The maximum atomic E-state index is 12.2. The Morgan fingerprint density at radius 3 is 2.27 bits per heavy atom. The first kappa shape index (κ1) is 24.7. The van der Waals surface area contributed by atoms with Crippen molar-refractivity contribution in [2.75, 3.05) is 38.8 Å². The van der Waals surface area contributed by atoms with Gasteiger partial charge in [0.1, 0.15) is 5.75 Å². The second-order valence-electron chi connectivity index (χ2n) is 7.58. The van der Waals surface area contributed by atoms with Gasteiger partial charge in [-0.05, 0) is 61.7 Å². The Morgan fingerprint density at radius 1 is 1.03 bits per heavy atom. The fourth-order valence-electron chi connectivity index (χ4n) is 3.30. The Bertz CT molecular complexity index is 1060. The minimum absolute atomic E-state index is 0.0896. The highest BCUT2D eigenvalue weighted by atomic mass is 32.2. The Kier molecular flexibility index (Phi) is 8.06. The number of carbonyl (C=O) groups excluding carboxylic acids is 2. The van der Waals surface area contributed by atoms with Gasteiger partial charge in [-0.1, -0.05) is 12.1 Å². The summed E-state index contributed by atoms with van der Waals surface area (Å²) in [4.78, 5) is 24.5. The van der Waals surface area contributed by atoms with Crippen LogP contribution in [0.15, 0.2) is 53.4 Å². The lowest BCUT2D eigenvalue weighted by Gasteiger charge is -2.15. The largest absolute Gasteiger partial charge is 0.484 e. The molecule has 1 aliphatic rings. The number of methoxy groups -OCH3 is 1. The monoisotopic (exact) mass is 476 g/mol. The van der Waals surface area contributed by atoms with Crippen LogP contribution in [0.5, 0.6) is 5.75 Å². The fraction of sp³-hybridized carbons (Fsp3) is 0.391. The van der Waals surface area contributed by atoms with Crippen molar-refractivity contribution in [2.45, 2.75) is 30.1 Å². The van der Waals surface area contributed by atoms with Crippen LogP contribution in [0.1, 0.15) is 25.3 Å². The number of ether oxygens (including phenoxy) is 3. The quantitative estimate of drug-likeness (QED) is 0.356. The molecule has 2 aromatic rings. The molecule has 1 amide bonds. The molecule has 33 heavy (non-hydrogen) atoms. The van der Waals surface area contributed by atoms with Crippen molar-refractivity contribution in [3.63, 3.8) is 0 Å². The average Bonchev–Trinajstić information content (AvgIpc) is 3.61. The molecule has 0 aliphatic heterocycles. The zero-order chi connectivity index (χ0) is 23.9. The summed E-state index contributed by atoms with van der Waals surface area (Å²) in [5.41, 5.74) is 0.901. The number of carbonyl (C=O) groups is 2. The Balaban J connectivity index is 1.50. The van der Waals surface area contributed by atoms with Crippen molar-refractivity contribution < 1.29 is 32.2 Å². The van der Waals surface area contributed by atoms with Crippen molar-refractivity contribution in [1.29, 1.82) is 0 Å².